The molecule has 6 N–H and O–H groups in total. The van der Waals surface area contributed by atoms with Crippen molar-refractivity contribution in [2.24, 2.45) is 0 Å². The third-order valence-electron chi connectivity index (χ3n) is 11.7. The van der Waals surface area contributed by atoms with E-state index in [0.29, 0.717) is 74.2 Å². The lowest BCUT2D eigenvalue weighted by molar-refractivity contribution is -0.124. The normalized spacial score (nSPS) is 22.6. The van der Waals surface area contributed by atoms with Crippen LogP contribution in [0, 0.1) is 0 Å². The van der Waals surface area contributed by atoms with E-state index in [1.165, 1.54) is 7.11 Å². The molecule has 4 saturated heterocycles. The van der Waals surface area contributed by atoms with Gasteiger partial charge in [-0.2, -0.15) is 23.5 Å². The van der Waals surface area contributed by atoms with Gasteiger partial charge in [0.1, 0.15) is 11.6 Å². The molecule has 4 heterocycles. The first-order valence-corrected chi connectivity index (χ1v) is 24.0. The molecule has 1 aromatic carbocycles. The Hall–Kier alpha value is -3.83. The van der Waals surface area contributed by atoms with Gasteiger partial charge in [-0.3, -0.25) is 24.1 Å². The van der Waals surface area contributed by atoms with Crippen molar-refractivity contribution in [3.8, 4) is 0 Å². The Kier molecular flexibility index (Phi) is 19.8. The number of ketones is 2. The number of rotatable bonds is 29. The molecule has 6 atom stereocenters. The van der Waals surface area contributed by atoms with Crippen LogP contribution >= 0.6 is 23.5 Å². The molecule has 0 aliphatic carbocycles. The molecule has 0 spiro atoms. The van der Waals surface area contributed by atoms with Gasteiger partial charge in [0.2, 0.25) is 11.8 Å². The molecule has 17 heteroatoms. The standard InChI is InChI=1S/C43H65N7O8S2/c1-58-41(55)30-20-18-29(19-21-30)24-50(25-31(51)12-4-2-10-22-44-37(53)16-8-6-14-35-39-33(27-59-35)46-42(56)48-39)26-32(52)13-5-3-11-23-45-38(54)17-9-7-15-36-40-34(28-60-36)47-43(57)49-40/h18-21,33-36,39-40H,2-17,22-28H2,1H3,(H,44,53)(H,45,54)(H2,46,48,56)(H2,47,49,57). The fraction of sp³-hybridized carbons (Fsp3) is 0.698. The van der Waals surface area contributed by atoms with Crippen LogP contribution in [0.15, 0.2) is 24.3 Å². The Morgan fingerprint density at radius 1 is 0.633 bits per heavy atom. The molecule has 6 amide bonds. The van der Waals surface area contributed by atoms with Crippen LogP contribution in [0.25, 0.3) is 0 Å². The minimum absolute atomic E-state index is 0.0424. The van der Waals surface area contributed by atoms with Crippen molar-refractivity contribution in [1.82, 2.24) is 36.8 Å². The number of hydrogen-bond acceptors (Lipinski definition) is 11. The summed E-state index contributed by atoms with van der Waals surface area (Å²) >= 11 is 3.77. The minimum Gasteiger partial charge on any atom is -0.465 e. The molecule has 4 aliphatic heterocycles. The lowest BCUT2D eigenvalue weighted by Crippen LogP contribution is -2.36. The van der Waals surface area contributed by atoms with E-state index in [-0.39, 0.29) is 72.7 Å². The minimum atomic E-state index is -0.429. The first-order valence-electron chi connectivity index (χ1n) is 21.9. The van der Waals surface area contributed by atoms with Crippen LogP contribution in [-0.4, -0.2) is 126 Å². The highest BCUT2D eigenvalue weighted by Gasteiger charge is 2.43. The van der Waals surface area contributed by atoms with E-state index >= 15 is 0 Å². The number of unbranched alkanes of at least 4 members (excludes halogenated alkanes) is 6. The van der Waals surface area contributed by atoms with Crippen LogP contribution in [0.2, 0.25) is 0 Å². The molecule has 4 aliphatic rings. The number of amides is 6. The quantitative estimate of drug-likeness (QED) is 0.0382. The molecular weight excluding hydrogens is 807 g/mol. The van der Waals surface area contributed by atoms with Crippen molar-refractivity contribution >= 4 is 64.9 Å². The fourth-order valence-electron chi connectivity index (χ4n) is 8.38. The smallest absolute Gasteiger partial charge is 0.337 e. The number of esters is 1. The molecule has 6 unspecified atom stereocenters. The van der Waals surface area contributed by atoms with Crippen molar-refractivity contribution in [2.45, 2.75) is 144 Å². The Labute approximate surface area is 362 Å². The summed E-state index contributed by atoms with van der Waals surface area (Å²) in [5.41, 5.74) is 1.31. The maximum Gasteiger partial charge on any atom is 0.337 e. The Balaban J connectivity index is 0.910. The topological polar surface area (TPSA) is 204 Å². The largest absolute Gasteiger partial charge is 0.465 e. The summed E-state index contributed by atoms with van der Waals surface area (Å²) in [6.07, 6.45) is 11.8. The number of carbonyl (C=O) groups excluding carboxylic acids is 7. The first-order chi connectivity index (χ1) is 29.1. The van der Waals surface area contributed by atoms with Gasteiger partial charge in [-0.05, 0) is 69.1 Å². The fourth-order valence-corrected chi connectivity index (χ4v) is 11.5. The van der Waals surface area contributed by atoms with Gasteiger partial charge < -0.3 is 36.6 Å². The predicted octanol–water partition coefficient (Wildman–Crippen LogP) is 4.22. The second kappa shape index (κ2) is 25.2. The summed E-state index contributed by atoms with van der Waals surface area (Å²) in [5.74, 6) is 1.64. The van der Waals surface area contributed by atoms with Gasteiger partial charge in [0.05, 0.1) is 49.9 Å². The van der Waals surface area contributed by atoms with Crippen LogP contribution in [0.5, 0.6) is 0 Å². The number of thioether (sulfide) groups is 2. The highest BCUT2D eigenvalue weighted by molar-refractivity contribution is 8.00. The number of benzene rings is 1. The van der Waals surface area contributed by atoms with Gasteiger partial charge in [0.15, 0.2) is 0 Å². The van der Waals surface area contributed by atoms with Gasteiger partial charge in [0.25, 0.3) is 0 Å². The monoisotopic (exact) mass is 871 g/mol. The van der Waals surface area contributed by atoms with Crippen molar-refractivity contribution < 1.29 is 38.3 Å². The number of hydrogen-bond donors (Lipinski definition) is 6. The highest BCUT2D eigenvalue weighted by atomic mass is 32.2. The molecule has 15 nitrogen and oxygen atoms in total. The molecule has 0 radical (unpaired) electrons. The zero-order valence-corrected chi connectivity index (χ0v) is 36.7. The van der Waals surface area contributed by atoms with Crippen molar-refractivity contribution in [1.29, 1.82) is 0 Å². The number of fused-ring (bicyclic) bond motifs is 2. The van der Waals surface area contributed by atoms with E-state index in [9.17, 15) is 33.6 Å². The average molecular weight is 872 g/mol. The molecule has 4 fully saturated rings. The van der Waals surface area contributed by atoms with E-state index < -0.39 is 5.97 Å². The molecule has 1 aromatic rings. The number of Topliss-reactive ketones (excluding diaryl/α,β-unsaturated/α-hetero) is 2. The van der Waals surface area contributed by atoms with Gasteiger partial charge in [-0.25, -0.2) is 14.4 Å². The number of urea groups is 2. The zero-order valence-electron chi connectivity index (χ0n) is 35.1. The molecule has 0 aromatic heterocycles. The summed E-state index contributed by atoms with van der Waals surface area (Å²) < 4.78 is 4.80. The summed E-state index contributed by atoms with van der Waals surface area (Å²) in [7, 11) is 1.33. The average Bonchev–Trinajstić information content (AvgIpc) is 3.99. The van der Waals surface area contributed by atoms with Gasteiger partial charge in [-0.1, -0.05) is 37.8 Å². The zero-order chi connectivity index (χ0) is 42.7. The summed E-state index contributed by atoms with van der Waals surface area (Å²) in [5, 5.41) is 18.7. The van der Waals surface area contributed by atoms with Crippen LogP contribution in [0.3, 0.4) is 0 Å². The van der Waals surface area contributed by atoms with Gasteiger partial charge >= 0.3 is 18.0 Å². The molecular formula is C43H65N7O8S2. The Morgan fingerprint density at radius 3 is 1.57 bits per heavy atom. The number of carbonyl (C=O) groups is 7. The summed E-state index contributed by atoms with van der Waals surface area (Å²) in [6.45, 7) is 1.82. The molecule has 5 rings (SSSR count). The molecule has 0 saturated carbocycles. The third-order valence-corrected chi connectivity index (χ3v) is 14.7. The highest BCUT2D eigenvalue weighted by Crippen LogP contribution is 2.34. The first kappa shape index (κ1) is 47.2. The Bertz CT molecular complexity index is 1530. The van der Waals surface area contributed by atoms with Crippen molar-refractivity contribution in [3.63, 3.8) is 0 Å². The third kappa shape index (κ3) is 15.9. The van der Waals surface area contributed by atoms with Gasteiger partial charge in [-0.15, -0.1) is 0 Å². The lowest BCUT2D eigenvalue weighted by Gasteiger charge is -2.21. The van der Waals surface area contributed by atoms with E-state index in [1.54, 1.807) is 12.1 Å². The Morgan fingerprint density at radius 2 is 1.10 bits per heavy atom. The van der Waals surface area contributed by atoms with Gasteiger partial charge in [0, 0.05) is 67.3 Å². The van der Waals surface area contributed by atoms with Crippen molar-refractivity contribution in [3.05, 3.63) is 35.4 Å². The van der Waals surface area contributed by atoms with Crippen LogP contribution in [-0.2, 0) is 30.5 Å². The maximum absolute atomic E-state index is 13.1. The van der Waals surface area contributed by atoms with Crippen LogP contribution in [0.4, 0.5) is 9.59 Å². The summed E-state index contributed by atoms with van der Waals surface area (Å²) in [6, 6.07) is 7.64. The summed E-state index contributed by atoms with van der Waals surface area (Å²) in [4.78, 5) is 87.8. The molecule has 332 valence electrons. The lowest BCUT2D eigenvalue weighted by atomic mass is 10.0. The molecule has 60 heavy (non-hydrogen) atoms. The maximum atomic E-state index is 13.1. The SMILES string of the molecule is COC(=O)c1ccc(CN(CC(=O)CCCCCNC(=O)CCCCC2SCC3NC(=O)NC32)CC(=O)CCCCCNC(=O)CCCCC2SCC3NC(=O)NC32)cc1. The van der Waals surface area contributed by atoms with E-state index in [2.05, 4.69) is 31.9 Å². The second-order valence-electron chi connectivity index (χ2n) is 16.5. The van der Waals surface area contributed by atoms with E-state index in [0.717, 1.165) is 81.3 Å². The number of nitrogens with one attached hydrogen (secondary N) is 6. The van der Waals surface area contributed by atoms with E-state index in [4.69, 9.17) is 4.74 Å². The number of nitrogens with zero attached hydrogens (tertiary/aromatic N) is 1. The van der Waals surface area contributed by atoms with Crippen LogP contribution in [0.1, 0.15) is 119 Å². The predicted molar refractivity (Wildman–Crippen MR) is 234 cm³/mol. The number of methoxy groups -OCH3 is 1. The number of ether oxygens (including phenoxy) is 1. The van der Waals surface area contributed by atoms with E-state index in [1.807, 2.05) is 40.6 Å². The van der Waals surface area contributed by atoms with Crippen LogP contribution < -0.4 is 31.9 Å². The van der Waals surface area contributed by atoms with Crippen molar-refractivity contribution in [2.75, 3.05) is 44.8 Å². The second-order valence-corrected chi connectivity index (χ2v) is 19.0. The molecule has 0 bridgehead atoms.